The first-order chi connectivity index (χ1) is 13.2. The second-order valence-corrected chi connectivity index (χ2v) is 6.63. The van der Waals surface area contributed by atoms with E-state index in [1.165, 1.54) is 0 Å². The van der Waals surface area contributed by atoms with Crippen molar-refractivity contribution in [2.45, 2.75) is 19.9 Å². The molecule has 0 aliphatic heterocycles. The number of fused-ring (bicyclic) bond motifs is 1. The van der Waals surface area contributed by atoms with Gasteiger partial charge in [0.25, 0.3) is 0 Å². The van der Waals surface area contributed by atoms with E-state index in [9.17, 15) is 4.79 Å². The number of rotatable bonds is 5. The van der Waals surface area contributed by atoms with Crippen molar-refractivity contribution >= 4 is 17.2 Å². The highest BCUT2D eigenvalue weighted by molar-refractivity contribution is 5.94. The Morgan fingerprint density at radius 3 is 2.37 bits per heavy atom. The summed E-state index contributed by atoms with van der Waals surface area (Å²) in [5, 5.41) is 0. The summed E-state index contributed by atoms with van der Waals surface area (Å²) >= 11 is 0. The van der Waals surface area contributed by atoms with Crippen molar-refractivity contribution in [2.24, 2.45) is 0 Å². The number of amides is 1. The molecule has 4 heteroatoms. The molecule has 1 amide bonds. The van der Waals surface area contributed by atoms with Crippen LogP contribution in [0.1, 0.15) is 16.8 Å². The van der Waals surface area contributed by atoms with Gasteiger partial charge >= 0.3 is 0 Å². The Kier molecular flexibility index (Phi) is 4.71. The van der Waals surface area contributed by atoms with Crippen molar-refractivity contribution < 1.29 is 4.79 Å². The summed E-state index contributed by atoms with van der Waals surface area (Å²) in [6.45, 7) is 2.57. The number of carbonyl (C=O) groups is 1. The molecule has 0 aliphatic rings. The molecule has 0 N–H and O–H groups in total. The maximum Gasteiger partial charge on any atom is 0.233 e. The van der Waals surface area contributed by atoms with E-state index >= 15 is 0 Å². The van der Waals surface area contributed by atoms with E-state index in [1.54, 1.807) is 0 Å². The molecule has 4 rings (SSSR count). The fourth-order valence-electron chi connectivity index (χ4n) is 3.24. The van der Waals surface area contributed by atoms with E-state index in [0.717, 1.165) is 28.2 Å². The Labute approximate surface area is 158 Å². The smallest absolute Gasteiger partial charge is 0.233 e. The van der Waals surface area contributed by atoms with Gasteiger partial charge in [-0.25, -0.2) is 4.98 Å². The van der Waals surface area contributed by atoms with Gasteiger partial charge in [-0.1, -0.05) is 54.6 Å². The molecule has 0 aliphatic carbocycles. The number of aromatic nitrogens is 2. The normalized spacial score (nSPS) is 10.9. The molecule has 0 fully saturated rings. The Morgan fingerprint density at radius 1 is 0.963 bits per heavy atom. The molecule has 27 heavy (non-hydrogen) atoms. The summed E-state index contributed by atoms with van der Waals surface area (Å²) in [7, 11) is 0. The van der Waals surface area contributed by atoms with Gasteiger partial charge in [0.15, 0.2) is 0 Å². The first-order valence-corrected chi connectivity index (χ1v) is 9.03. The summed E-state index contributed by atoms with van der Waals surface area (Å²) in [5.41, 5.74) is 4.77. The SMILES string of the molecule is Cc1cccn2cc(CC(=O)N(Cc3ccccc3)c3ccccc3)nc12. The Morgan fingerprint density at radius 2 is 1.67 bits per heavy atom. The number of carbonyl (C=O) groups excluding carboxylic acids is 1. The first kappa shape index (κ1) is 17.0. The molecule has 2 aromatic heterocycles. The molecule has 0 radical (unpaired) electrons. The average Bonchev–Trinajstić information content (AvgIpc) is 3.11. The van der Waals surface area contributed by atoms with E-state index in [2.05, 4.69) is 4.98 Å². The number of imidazole rings is 1. The quantitative estimate of drug-likeness (QED) is 0.531. The van der Waals surface area contributed by atoms with Crippen LogP contribution in [0.15, 0.2) is 85.2 Å². The molecule has 0 spiro atoms. The number of para-hydroxylation sites is 1. The molecular formula is C23H21N3O. The number of pyridine rings is 1. The zero-order valence-electron chi connectivity index (χ0n) is 15.2. The van der Waals surface area contributed by atoms with Gasteiger partial charge in [0.1, 0.15) is 5.65 Å². The zero-order chi connectivity index (χ0) is 18.6. The molecule has 134 valence electrons. The van der Waals surface area contributed by atoms with Crippen molar-refractivity contribution in [3.63, 3.8) is 0 Å². The van der Waals surface area contributed by atoms with Crippen LogP contribution in [-0.2, 0) is 17.8 Å². The molecule has 4 aromatic rings. The lowest BCUT2D eigenvalue weighted by Crippen LogP contribution is -2.31. The van der Waals surface area contributed by atoms with Crippen LogP contribution in [-0.4, -0.2) is 15.3 Å². The molecule has 2 heterocycles. The van der Waals surface area contributed by atoms with Gasteiger partial charge in [-0.2, -0.15) is 0 Å². The van der Waals surface area contributed by atoms with Crippen molar-refractivity contribution in [2.75, 3.05) is 4.90 Å². The minimum atomic E-state index is 0.0334. The van der Waals surface area contributed by atoms with Crippen LogP contribution in [0.4, 0.5) is 5.69 Å². The predicted octanol–water partition coefficient (Wildman–Crippen LogP) is 4.42. The van der Waals surface area contributed by atoms with Crippen LogP contribution in [0.2, 0.25) is 0 Å². The number of anilines is 1. The largest absolute Gasteiger partial charge is 0.308 e. The number of aryl methyl sites for hydroxylation is 1. The van der Waals surface area contributed by atoms with Crippen LogP contribution in [0, 0.1) is 6.92 Å². The van der Waals surface area contributed by atoms with E-state index in [0.29, 0.717) is 6.54 Å². The van der Waals surface area contributed by atoms with E-state index in [4.69, 9.17) is 0 Å². The number of benzene rings is 2. The maximum absolute atomic E-state index is 13.2. The first-order valence-electron chi connectivity index (χ1n) is 9.03. The van der Waals surface area contributed by atoms with Gasteiger partial charge in [-0.3, -0.25) is 4.79 Å². The Hall–Kier alpha value is -3.40. The third-order valence-corrected chi connectivity index (χ3v) is 4.61. The van der Waals surface area contributed by atoms with Crippen LogP contribution >= 0.6 is 0 Å². The van der Waals surface area contributed by atoms with Crippen molar-refractivity contribution in [1.82, 2.24) is 9.38 Å². The van der Waals surface area contributed by atoms with Crippen molar-refractivity contribution in [3.8, 4) is 0 Å². The highest BCUT2D eigenvalue weighted by Crippen LogP contribution is 2.19. The molecule has 0 bridgehead atoms. The lowest BCUT2D eigenvalue weighted by Gasteiger charge is -2.23. The van der Waals surface area contributed by atoms with Crippen molar-refractivity contribution in [1.29, 1.82) is 0 Å². The molecule has 0 saturated heterocycles. The van der Waals surface area contributed by atoms with Crippen LogP contribution in [0.5, 0.6) is 0 Å². The minimum Gasteiger partial charge on any atom is -0.308 e. The summed E-state index contributed by atoms with van der Waals surface area (Å²) in [4.78, 5) is 19.6. The molecule has 2 aromatic carbocycles. The fraction of sp³-hybridized carbons (Fsp3) is 0.130. The number of nitrogens with zero attached hydrogens (tertiary/aromatic N) is 3. The van der Waals surface area contributed by atoms with Crippen LogP contribution in [0.3, 0.4) is 0 Å². The average molecular weight is 355 g/mol. The zero-order valence-corrected chi connectivity index (χ0v) is 15.2. The molecule has 4 nitrogen and oxygen atoms in total. The highest BCUT2D eigenvalue weighted by atomic mass is 16.2. The second kappa shape index (κ2) is 7.46. The molecule has 0 saturated carbocycles. The van der Waals surface area contributed by atoms with Crippen LogP contribution < -0.4 is 4.90 Å². The highest BCUT2D eigenvalue weighted by Gasteiger charge is 2.18. The topological polar surface area (TPSA) is 37.6 Å². The van der Waals surface area contributed by atoms with Gasteiger partial charge in [-0.05, 0) is 36.2 Å². The van der Waals surface area contributed by atoms with Gasteiger partial charge in [0, 0.05) is 18.1 Å². The minimum absolute atomic E-state index is 0.0334. The number of hydrogen-bond donors (Lipinski definition) is 0. The van der Waals surface area contributed by atoms with Crippen LogP contribution in [0.25, 0.3) is 5.65 Å². The standard InChI is InChI=1S/C23H21N3O/c1-18-9-8-14-25-17-20(24-23(18)25)15-22(27)26(21-12-6-3-7-13-21)16-19-10-4-2-5-11-19/h2-14,17H,15-16H2,1H3. The lowest BCUT2D eigenvalue weighted by atomic mass is 10.1. The Bertz CT molecular complexity index is 1050. The lowest BCUT2D eigenvalue weighted by molar-refractivity contribution is -0.118. The number of hydrogen-bond acceptors (Lipinski definition) is 2. The molecule has 0 unspecified atom stereocenters. The summed E-state index contributed by atoms with van der Waals surface area (Å²) in [6, 6.07) is 23.9. The maximum atomic E-state index is 13.2. The monoisotopic (exact) mass is 355 g/mol. The molecular weight excluding hydrogens is 334 g/mol. The summed E-state index contributed by atoms with van der Waals surface area (Å²) < 4.78 is 1.97. The van der Waals surface area contributed by atoms with E-state index in [-0.39, 0.29) is 12.3 Å². The summed E-state index contributed by atoms with van der Waals surface area (Å²) in [6.07, 6.45) is 4.16. The third-order valence-electron chi connectivity index (χ3n) is 4.61. The Balaban J connectivity index is 1.62. The van der Waals surface area contributed by atoms with Gasteiger partial charge in [0.05, 0.1) is 18.7 Å². The molecule has 0 atom stereocenters. The van der Waals surface area contributed by atoms with Crippen molar-refractivity contribution in [3.05, 3.63) is 102 Å². The van der Waals surface area contributed by atoms with E-state index in [1.807, 2.05) is 101 Å². The summed E-state index contributed by atoms with van der Waals surface area (Å²) in [5.74, 6) is 0.0334. The van der Waals surface area contributed by atoms with Gasteiger partial charge in [-0.15, -0.1) is 0 Å². The van der Waals surface area contributed by atoms with Gasteiger partial charge in [0.2, 0.25) is 5.91 Å². The third kappa shape index (κ3) is 3.75. The van der Waals surface area contributed by atoms with Gasteiger partial charge < -0.3 is 9.30 Å². The fourth-order valence-corrected chi connectivity index (χ4v) is 3.24. The predicted molar refractivity (Wildman–Crippen MR) is 108 cm³/mol. The second-order valence-electron chi connectivity index (χ2n) is 6.63. The van der Waals surface area contributed by atoms with E-state index < -0.39 is 0 Å².